The largest absolute Gasteiger partial charge is 0.494 e. The molecule has 30 heavy (non-hydrogen) atoms. The van der Waals surface area contributed by atoms with Gasteiger partial charge in [-0.2, -0.15) is 0 Å². The van der Waals surface area contributed by atoms with E-state index < -0.39 is 0 Å². The highest BCUT2D eigenvalue weighted by Gasteiger charge is 2.52. The quantitative estimate of drug-likeness (QED) is 0.671. The Morgan fingerprint density at radius 1 is 1.10 bits per heavy atom. The van der Waals surface area contributed by atoms with E-state index in [2.05, 4.69) is 71.9 Å². The van der Waals surface area contributed by atoms with Crippen molar-refractivity contribution in [1.82, 2.24) is 0 Å². The summed E-state index contributed by atoms with van der Waals surface area (Å²) in [4.78, 5) is 0. The second-order valence-corrected chi connectivity index (χ2v) is 10.2. The maximum Gasteiger partial charge on any atom is 0.494 e. The second kappa shape index (κ2) is 7.37. The van der Waals surface area contributed by atoms with Crippen LogP contribution >= 0.6 is 0 Å². The molecule has 1 fully saturated rings. The van der Waals surface area contributed by atoms with E-state index in [9.17, 15) is 0 Å². The Balaban J connectivity index is 1.64. The molecule has 1 aromatic carbocycles. The molecule has 3 aliphatic rings. The minimum Gasteiger partial charge on any atom is -0.414 e. The zero-order chi connectivity index (χ0) is 21.9. The maximum absolute atomic E-state index is 6.30. The molecule has 0 amide bonds. The van der Waals surface area contributed by atoms with Gasteiger partial charge in [-0.1, -0.05) is 49.8 Å². The van der Waals surface area contributed by atoms with Crippen LogP contribution in [0.1, 0.15) is 66.0 Å². The average molecular weight is 408 g/mol. The number of hydrogen-bond donors (Lipinski definition) is 0. The highest BCUT2D eigenvalue weighted by atomic mass is 16.7. The van der Waals surface area contributed by atoms with Gasteiger partial charge in [0.15, 0.2) is 0 Å². The van der Waals surface area contributed by atoms with Gasteiger partial charge in [-0.15, -0.1) is 0 Å². The van der Waals surface area contributed by atoms with E-state index in [-0.39, 0.29) is 36.7 Å². The number of fused-ring (bicyclic) bond motifs is 2. The Hall–Kier alpha value is -1.33. The van der Waals surface area contributed by atoms with Crippen molar-refractivity contribution in [3.8, 4) is 0 Å². The van der Waals surface area contributed by atoms with E-state index in [0.29, 0.717) is 6.61 Å². The third kappa shape index (κ3) is 3.33. The molecule has 1 aromatic rings. The third-order valence-electron chi connectivity index (χ3n) is 7.47. The van der Waals surface area contributed by atoms with E-state index in [1.165, 1.54) is 22.3 Å². The molecule has 1 aliphatic heterocycles. The molecule has 1 heterocycles. The van der Waals surface area contributed by atoms with Gasteiger partial charge < -0.3 is 18.6 Å². The minimum atomic E-state index is -0.340. The lowest BCUT2D eigenvalue weighted by atomic mass is 9.63. The number of benzene rings is 1. The topological polar surface area (TPSA) is 36.9 Å². The van der Waals surface area contributed by atoms with E-state index in [4.69, 9.17) is 18.6 Å². The first-order valence-electron chi connectivity index (χ1n) is 11.1. The molecule has 4 nitrogen and oxygen atoms in total. The van der Waals surface area contributed by atoms with Crippen LogP contribution in [-0.4, -0.2) is 39.2 Å². The second-order valence-electron chi connectivity index (χ2n) is 10.2. The molecule has 4 rings (SSSR count). The van der Waals surface area contributed by atoms with E-state index in [1.807, 2.05) is 6.92 Å². The van der Waals surface area contributed by atoms with Crippen LogP contribution in [0.2, 0.25) is 5.82 Å². The number of allylic oxidation sites excluding steroid dienone is 4. The van der Waals surface area contributed by atoms with Crippen LogP contribution in [-0.2, 0) is 24.0 Å². The van der Waals surface area contributed by atoms with Crippen molar-refractivity contribution in [2.45, 2.75) is 77.3 Å². The first-order valence-corrected chi connectivity index (χ1v) is 11.1. The highest BCUT2D eigenvalue weighted by Crippen LogP contribution is 2.52. The first kappa shape index (κ1) is 21.9. The Bertz CT molecular complexity index is 884. The molecule has 2 aliphatic carbocycles. The third-order valence-corrected chi connectivity index (χ3v) is 7.47. The maximum atomic E-state index is 6.30. The van der Waals surface area contributed by atoms with Crippen molar-refractivity contribution in [2.24, 2.45) is 0 Å². The molecule has 0 bridgehead atoms. The van der Waals surface area contributed by atoms with Crippen molar-refractivity contribution in [3.63, 3.8) is 0 Å². The molecule has 0 radical (unpaired) electrons. The number of hydrogen-bond acceptors (Lipinski definition) is 4. The minimum absolute atomic E-state index is 0.0577. The predicted molar refractivity (Wildman–Crippen MR) is 124 cm³/mol. The Kier molecular flexibility index (Phi) is 5.38. The summed E-state index contributed by atoms with van der Waals surface area (Å²) >= 11 is 0. The van der Waals surface area contributed by atoms with Gasteiger partial charge in [-0.3, -0.25) is 0 Å². The van der Waals surface area contributed by atoms with E-state index >= 15 is 0 Å². The monoisotopic (exact) mass is 408 g/mol. The van der Waals surface area contributed by atoms with Crippen LogP contribution in [0, 0.1) is 0 Å². The van der Waals surface area contributed by atoms with Crippen LogP contribution in [0.3, 0.4) is 0 Å². The van der Waals surface area contributed by atoms with Crippen LogP contribution in [0.4, 0.5) is 0 Å². The summed E-state index contributed by atoms with van der Waals surface area (Å²) in [5.74, 6) is 0.227. The number of rotatable bonds is 5. The van der Waals surface area contributed by atoms with Gasteiger partial charge in [0.2, 0.25) is 0 Å². The van der Waals surface area contributed by atoms with Gasteiger partial charge in [-0.05, 0) is 63.2 Å². The van der Waals surface area contributed by atoms with Gasteiger partial charge in [0.1, 0.15) is 0 Å². The summed E-state index contributed by atoms with van der Waals surface area (Å²) in [6.07, 6.45) is 5.45. The van der Waals surface area contributed by atoms with Gasteiger partial charge >= 0.3 is 14.2 Å². The molecular weight excluding hydrogens is 374 g/mol. The van der Waals surface area contributed by atoms with Crippen LogP contribution in [0.15, 0.2) is 35.9 Å². The first-order chi connectivity index (χ1) is 14.0. The fourth-order valence-electron chi connectivity index (χ4n) is 4.90. The zero-order valence-corrected chi connectivity index (χ0v) is 19.7. The highest BCUT2D eigenvalue weighted by molar-refractivity contribution is 6.62. The van der Waals surface area contributed by atoms with Gasteiger partial charge in [0.25, 0.3) is 0 Å². The molecule has 1 unspecified atom stereocenters. The smallest absolute Gasteiger partial charge is 0.414 e. The van der Waals surface area contributed by atoms with Gasteiger partial charge in [0.05, 0.1) is 11.2 Å². The lowest BCUT2D eigenvalue weighted by Crippen LogP contribution is -2.41. The van der Waals surface area contributed by atoms with E-state index in [1.54, 1.807) is 7.11 Å². The van der Waals surface area contributed by atoms with Crippen molar-refractivity contribution < 1.29 is 18.6 Å². The molecule has 0 spiro atoms. The van der Waals surface area contributed by atoms with Gasteiger partial charge in [0, 0.05) is 24.9 Å². The normalized spacial score (nSPS) is 25.5. The van der Waals surface area contributed by atoms with Crippen molar-refractivity contribution in [1.29, 1.82) is 0 Å². The van der Waals surface area contributed by atoms with Crippen molar-refractivity contribution in [3.05, 3.63) is 47.1 Å². The SMILES string of the molecule is CCOB(OC)C1C=CC2=C(C1)C(C)(C)c1cc(B3OC(C)(C)C(C)(C)O3)ccc12. The fraction of sp³-hybridized carbons (Fsp3) is 0.583. The summed E-state index contributed by atoms with van der Waals surface area (Å²) in [7, 11) is 1.18. The Morgan fingerprint density at radius 2 is 1.77 bits per heavy atom. The van der Waals surface area contributed by atoms with Crippen molar-refractivity contribution in [2.75, 3.05) is 13.7 Å². The Morgan fingerprint density at radius 3 is 2.37 bits per heavy atom. The Labute approximate surface area is 182 Å². The fourth-order valence-corrected chi connectivity index (χ4v) is 4.90. The molecule has 160 valence electrons. The standard InChI is InChI=1S/C24H34B2O4/c1-9-28-25(27-8)16-10-12-18-19-13-11-17(15-21(19)22(2,3)20(18)14-16)26-29-23(4,5)24(6,7)30-26/h10-13,15-16H,9,14H2,1-8H3. The summed E-state index contributed by atoms with van der Waals surface area (Å²) in [5, 5.41) is 0. The molecule has 1 saturated heterocycles. The van der Waals surface area contributed by atoms with Crippen LogP contribution in [0.5, 0.6) is 0 Å². The molecule has 0 saturated carbocycles. The van der Waals surface area contributed by atoms with Crippen LogP contribution < -0.4 is 5.46 Å². The van der Waals surface area contributed by atoms with Crippen LogP contribution in [0.25, 0.3) is 5.57 Å². The average Bonchev–Trinajstić information content (AvgIpc) is 3.05. The predicted octanol–water partition coefficient (Wildman–Crippen LogP) is 4.53. The lowest BCUT2D eigenvalue weighted by molar-refractivity contribution is 0.00578. The summed E-state index contributed by atoms with van der Waals surface area (Å²) < 4.78 is 24.0. The molecule has 1 atom stereocenters. The summed E-state index contributed by atoms with van der Waals surface area (Å²) in [6, 6.07) is 6.68. The summed E-state index contributed by atoms with van der Waals surface area (Å²) in [5.41, 5.74) is 5.81. The van der Waals surface area contributed by atoms with Crippen molar-refractivity contribution >= 4 is 25.3 Å². The zero-order valence-electron chi connectivity index (χ0n) is 19.7. The summed E-state index contributed by atoms with van der Waals surface area (Å²) in [6.45, 7) is 15.7. The van der Waals surface area contributed by atoms with E-state index in [0.717, 1.165) is 11.9 Å². The lowest BCUT2D eigenvalue weighted by Gasteiger charge is -2.32. The molecule has 0 aromatic heterocycles. The molecular formula is C24H34B2O4. The molecule has 6 heteroatoms. The molecule has 0 N–H and O–H groups in total. The van der Waals surface area contributed by atoms with Gasteiger partial charge in [-0.25, -0.2) is 0 Å².